The van der Waals surface area contributed by atoms with Crippen LogP contribution >= 0.6 is 11.3 Å². The maximum atomic E-state index is 13.5. The Morgan fingerprint density at radius 1 is 1.55 bits per heavy atom. The molecule has 12 heteroatoms. The lowest BCUT2D eigenvalue weighted by molar-refractivity contribution is -0.153. The zero-order chi connectivity index (χ0) is 21.1. The maximum absolute atomic E-state index is 13.5. The summed E-state index contributed by atoms with van der Waals surface area (Å²) in [4.78, 5) is 14.1. The highest BCUT2D eigenvalue weighted by Gasteiger charge is 2.46. The summed E-state index contributed by atoms with van der Waals surface area (Å²) in [5, 5.41) is 20.9. The number of sulfone groups is 1. The molecule has 0 spiro atoms. The van der Waals surface area contributed by atoms with Crippen LogP contribution < -0.4 is 4.65 Å². The van der Waals surface area contributed by atoms with Crippen molar-refractivity contribution in [3.8, 4) is 0 Å². The molecular formula is C17H22N4O6S2. The SMILES string of the molecule is C=CCN1CC(OC(=O)CCCc2ccco2)[N+]([O-])(c2nnc(S(C)(=O)=O)s2)C1. The molecule has 2 aromatic rings. The molecule has 158 valence electrons. The Kier molecular flexibility index (Phi) is 6.49. The summed E-state index contributed by atoms with van der Waals surface area (Å²) in [6.07, 6.45) is 4.37. The number of hydroxylamine groups is 2. The highest BCUT2D eigenvalue weighted by atomic mass is 32.2. The summed E-state index contributed by atoms with van der Waals surface area (Å²) < 4.78 is 32.7. The van der Waals surface area contributed by atoms with E-state index in [0.29, 0.717) is 30.7 Å². The van der Waals surface area contributed by atoms with E-state index in [2.05, 4.69) is 16.8 Å². The third kappa shape index (κ3) is 5.08. The van der Waals surface area contributed by atoms with Gasteiger partial charge >= 0.3 is 11.1 Å². The molecule has 29 heavy (non-hydrogen) atoms. The minimum Gasteiger partial charge on any atom is -0.622 e. The molecule has 0 radical (unpaired) electrons. The molecule has 2 unspecified atom stereocenters. The lowest BCUT2D eigenvalue weighted by Crippen LogP contribution is -2.50. The van der Waals surface area contributed by atoms with Gasteiger partial charge in [-0.05, 0) is 29.9 Å². The second-order valence-corrected chi connectivity index (χ2v) is 9.91. The predicted octanol–water partition coefficient (Wildman–Crippen LogP) is 1.69. The number of esters is 1. The molecule has 10 nitrogen and oxygen atoms in total. The number of aryl methyl sites for hydroxylation is 1. The number of hydrogen-bond acceptors (Lipinski definition) is 10. The van der Waals surface area contributed by atoms with Crippen molar-refractivity contribution in [2.45, 2.75) is 29.8 Å². The topological polar surface area (TPSA) is 126 Å². The van der Waals surface area contributed by atoms with Gasteiger partial charge < -0.3 is 14.4 Å². The minimum atomic E-state index is -3.59. The normalized spacial score (nSPS) is 22.6. The second kappa shape index (κ2) is 8.71. The van der Waals surface area contributed by atoms with Gasteiger partial charge in [0.1, 0.15) is 12.4 Å². The van der Waals surface area contributed by atoms with Crippen molar-refractivity contribution in [2.75, 3.05) is 26.0 Å². The quantitative estimate of drug-likeness (QED) is 0.247. The van der Waals surface area contributed by atoms with Crippen molar-refractivity contribution in [3.63, 3.8) is 0 Å². The second-order valence-electron chi connectivity index (χ2n) is 6.76. The van der Waals surface area contributed by atoms with E-state index in [9.17, 15) is 18.4 Å². The molecule has 2 atom stereocenters. The zero-order valence-corrected chi connectivity index (χ0v) is 17.5. The lowest BCUT2D eigenvalue weighted by Gasteiger charge is -2.38. The molecule has 0 N–H and O–H groups in total. The molecule has 1 saturated heterocycles. The third-order valence-corrected chi connectivity index (χ3v) is 7.07. The summed E-state index contributed by atoms with van der Waals surface area (Å²) in [6, 6.07) is 3.60. The Labute approximate surface area is 172 Å². The molecule has 1 aliphatic heterocycles. The number of hydrogen-bond donors (Lipinski definition) is 0. The fourth-order valence-electron chi connectivity index (χ4n) is 3.00. The fourth-order valence-corrected chi connectivity index (χ4v) is 4.66. The number of rotatable bonds is 9. The molecule has 3 heterocycles. The van der Waals surface area contributed by atoms with E-state index in [1.807, 2.05) is 6.07 Å². The first kappa shape index (κ1) is 21.6. The van der Waals surface area contributed by atoms with Crippen molar-refractivity contribution < 1.29 is 22.4 Å². The Hall–Kier alpha value is -2.12. The van der Waals surface area contributed by atoms with Gasteiger partial charge in [0.15, 0.2) is 0 Å². The van der Waals surface area contributed by atoms with Gasteiger partial charge in [-0.25, -0.2) is 13.3 Å². The summed E-state index contributed by atoms with van der Waals surface area (Å²) in [5.41, 5.74) is 0. The monoisotopic (exact) mass is 442 g/mol. The van der Waals surface area contributed by atoms with Crippen molar-refractivity contribution in [2.24, 2.45) is 0 Å². The van der Waals surface area contributed by atoms with Crippen molar-refractivity contribution >= 4 is 32.3 Å². The van der Waals surface area contributed by atoms with Crippen LogP contribution in [0.1, 0.15) is 18.6 Å². The molecule has 1 fully saturated rings. The summed E-state index contributed by atoms with van der Waals surface area (Å²) in [5.74, 6) is 0.264. The van der Waals surface area contributed by atoms with E-state index >= 15 is 0 Å². The summed E-state index contributed by atoms with van der Waals surface area (Å²) >= 11 is 0.696. The molecular weight excluding hydrogens is 420 g/mol. The van der Waals surface area contributed by atoms with Crippen molar-refractivity contribution in [1.82, 2.24) is 19.7 Å². The molecule has 1 aliphatic rings. The Balaban J connectivity index is 1.70. The van der Waals surface area contributed by atoms with Gasteiger partial charge in [-0.1, -0.05) is 11.2 Å². The number of furan rings is 1. The Morgan fingerprint density at radius 2 is 2.34 bits per heavy atom. The first-order valence-corrected chi connectivity index (χ1v) is 11.6. The molecule has 0 bridgehead atoms. The molecule has 0 amide bonds. The number of carbonyl (C=O) groups excluding carboxylic acids is 1. The van der Waals surface area contributed by atoms with E-state index in [0.717, 1.165) is 12.0 Å². The molecule has 2 aromatic heterocycles. The first-order chi connectivity index (χ1) is 13.7. The van der Waals surface area contributed by atoms with Crippen LogP contribution in [0.15, 0.2) is 39.8 Å². The van der Waals surface area contributed by atoms with Crippen LogP contribution in [0, 0.1) is 5.21 Å². The first-order valence-electron chi connectivity index (χ1n) is 8.90. The van der Waals surface area contributed by atoms with Gasteiger partial charge in [0.05, 0.1) is 12.8 Å². The smallest absolute Gasteiger partial charge is 0.311 e. The van der Waals surface area contributed by atoms with Crippen LogP contribution in [-0.2, 0) is 25.8 Å². The van der Waals surface area contributed by atoms with Crippen LogP contribution in [0.4, 0.5) is 5.13 Å². The van der Waals surface area contributed by atoms with Crippen LogP contribution in [0.25, 0.3) is 0 Å². The zero-order valence-electron chi connectivity index (χ0n) is 15.9. The van der Waals surface area contributed by atoms with Gasteiger partial charge in [0.2, 0.25) is 14.2 Å². The number of carbonyl (C=O) groups is 1. The van der Waals surface area contributed by atoms with Crippen LogP contribution in [0.3, 0.4) is 0 Å². The van der Waals surface area contributed by atoms with Crippen LogP contribution in [0.2, 0.25) is 0 Å². The number of quaternary nitrogens is 1. The van der Waals surface area contributed by atoms with Gasteiger partial charge in [0.25, 0.3) is 6.23 Å². The molecule has 3 rings (SSSR count). The predicted molar refractivity (Wildman–Crippen MR) is 106 cm³/mol. The highest BCUT2D eigenvalue weighted by Crippen LogP contribution is 2.35. The maximum Gasteiger partial charge on any atom is 0.311 e. The fraction of sp³-hybridized carbons (Fsp3) is 0.471. The van der Waals surface area contributed by atoms with Gasteiger partial charge in [-0.15, -0.1) is 11.7 Å². The summed E-state index contributed by atoms with van der Waals surface area (Å²) in [6.45, 7) is 4.22. The standard InChI is InChI=1S/C17H22N4O6S2/c1-3-9-20-11-14(27-15(22)8-4-6-13-7-5-10-26-13)21(23,12-20)16-18-19-17(28-16)29(2,24)25/h3,5,7,10,14H,1,4,6,8-9,11-12H2,2H3. The van der Waals surface area contributed by atoms with E-state index in [-0.39, 0.29) is 29.1 Å². The molecule has 0 saturated carbocycles. The van der Waals surface area contributed by atoms with Crippen molar-refractivity contribution in [1.29, 1.82) is 0 Å². The number of aromatic nitrogens is 2. The van der Waals surface area contributed by atoms with Crippen LogP contribution in [0.5, 0.6) is 0 Å². The van der Waals surface area contributed by atoms with Gasteiger partial charge in [0, 0.05) is 25.6 Å². The average Bonchev–Trinajstić information content (AvgIpc) is 3.36. The Morgan fingerprint density at radius 3 is 2.97 bits per heavy atom. The lowest BCUT2D eigenvalue weighted by atomic mass is 10.2. The van der Waals surface area contributed by atoms with E-state index < -0.39 is 26.7 Å². The van der Waals surface area contributed by atoms with Crippen molar-refractivity contribution in [3.05, 3.63) is 42.0 Å². The van der Waals surface area contributed by atoms with E-state index in [1.165, 1.54) is 0 Å². The number of nitrogens with zero attached hydrogens (tertiary/aromatic N) is 4. The van der Waals surface area contributed by atoms with E-state index in [4.69, 9.17) is 9.15 Å². The highest BCUT2D eigenvalue weighted by molar-refractivity contribution is 7.92. The van der Waals surface area contributed by atoms with Crippen LogP contribution in [-0.4, -0.2) is 61.7 Å². The molecule has 0 aromatic carbocycles. The third-order valence-electron chi connectivity index (χ3n) is 4.37. The van der Waals surface area contributed by atoms with E-state index in [1.54, 1.807) is 23.3 Å². The minimum absolute atomic E-state index is 0.0469. The van der Waals surface area contributed by atoms with Gasteiger partial charge in [-0.3, -0.25) is 9.44 Å². The number of ether oxygens (including phenoxy) is 1. The molecule has 0 aliphatic carbocycles. The van der Waals surface area contributed by atoms with Gasteiger partial charge in [-0.2, -0.15) is 0 Å². The largest absolute Gasteiger partial charge is 0.622 e. The summed E-state index contributed by atoms with van der Waals surface area (Å²) in [7, 11) is -3.59. The Bertz CT molecular complexity index is 958. The average molecular weight is 443 g/mol.